The fourth-order valence-electron chi connectivity index (χ4n) is 2.08. The van der Waals surface area contributed by atoms with Crippen molar-refractivity contribution in [3.63, 3.8) is 0 Å². The molecule has 5 nitrogen and oxygen atoms in total. The van der Waals surface area contributed by atoms with Gasteiger partial charge in [-0.15, -0.1) is 0 Å². The summed E-state index contributed by atoms with van der Waals surface area (Å²) in [5, 5.41) is 2.88. The molecule has 1 atom stereocenters. The van der Waals surface area contributed by atoms with E-state index in [0.29, 0.717) is 13.1 Å². The third-order valence-corrected chi connectivity index (χ3v) is 3.37. The van der Waals surface area contributed by atoms with E-state index in [1.54, 1.807) is 4.90 Å². The number of anilines is 1. The van der Waals surface area contributed by atoms with Crippen LogP contribution in [-0.4, -0.2) is 37.6 Å². The Balaban J connectivity index is 1.95. The predicted octanol–water partition coefficient (Wildman–Crippen LogP) is 1.58. The maximum absolute atomic E-state index is 12.0. The summed E-state index contributed by atoms with van der Waals surface area (Å²) >= 11 is 0. The second-order valence-corrected chi connectivity index (χ2v) is 6.23. The van der Waals surface area contributed by atoms with Crippen LogP contribution in [-0.2, 0) is 14.3 Å². The van der Waals surface area contributed by atoms with Gasteiger partial charge in [0.25, 0.3) is 5.91 Å². The molecule has 1 heterocycles. The standard InChI is InChI=1S/C16H22N2O3/c1-16(2,3)15(20)17-9-13-10-18(14(19)11-21-13)12-7-5-4-6-8-12/h4-8,13H,9-11H2,1-3H3,(H,17,20). The van der Waals surface area contributed by atoms with Gasteiger partial charge in [0, 0.05) is 17.6 Å². The van der Waals surface area contributed by atoms with Crippen LogP contribution in [0.25, 0.3) is 0 Å². The molecule has 0 radical (unpaired) electrons. The zero-order chi connectivity index (χ0) is 15.5. The van der Waals surface area contributed by atoms with Crippen LogP contribution in [0.5, 0.6) is 0 Å². The van der Waals surface area contributed by atoms with Crippen molar-refractivity contribution in [2.75, 3.05) is 24.6 Å². The molecule has 0 aromatic heterocycles. The maximum atomic E-state index is 12.0. The number of carbonyl (C=O) groups excluding carboxylic acids is 2. The Bertz CT molecular complexity index is 508. The normalized spacial score (nSPS) is 19.5. The summed E-state index contributed by atoms with van der Waals surface area (Å²) in [7, 11) is 0. The van der Waals surface area contributed by atoms with Crippen molar-refractivity contribution in [2.45, 2.75) is 26.9 Å². The van der Waals surface area contributed by atoms with Crippen LogP contribution in [0.4, 0.5) is 5.69 Å². The van der Waals surface area contributed by atoms with E-state index in [2.05, 4.69) is 5.32 Å². The monoisotopic (exact) mass is 290 g/mol. The molecule has 1 saturated heterocycles. The number of hydrogen-bond acceptors (Lipinski definition) is 3. The zero-order valence-electron chi connectivity index (χ0n) is 12.8. The summed E-state index contributed by atoms with van der Waals surface area (Å²) in [5.74, 6) is -0.0751. The first-order valence-corrected chi connectivity index (χ1v) is 7.13. The summed E-state index contributed by atoms with van der Waals surface area (Å²) < 4.78 is 5.50. The van der Waals surface area contributed by atoms with Gasteiger partial charge in [-0.05, 0) is 12.1 Å². The summed E-state index contributed by atoms with van der Waals surface area (Å²) in [4.78, 5) is 25.5. The smallest absolute Gasteiger partial charge is 0.253 e. The van der Waals surface area contributed by atoms with Crippen LogP contribution in [0.2, 0.25) is 0 Å². The third-order valence-electron chi connectivity index (χ3n) is 3.37. The highest BCUT2D eigenvalue weighted by Gasteiger charge is 2.29. The molecule has 0 aliphatic carbocycles. The average Bonchev–Trinajstić information content (AvgIpc) is 2.46. The number of nitrogens with zero attached hydrogens (tertiary/aromatic N) is 1. The van der Waals surface area contributed by atoms with E-state index in [-0.39, 0.29) is 24.5 Å². The lowest BCUT2D eigenvalue weighted by Crippen LogP contribution is -2.51. The van der Waals surface area contributed by atoms with Crippen LogP contribution in [0.15, 0.2) is 30.3 Å². The van der Waals surface area contributed by atoms with Gasteiger partial charge in [0.2, 0.25) is 5.91 Å². The highest BCUT2D eigenvalue weighted by Crippen LogP contribution is 2.18. The minimum Gasteiger partial charge on any atom is -0.365 e. The molecule has 21 heavy (non-hydrogen) atoms. The Hall–Kier alpha value is -1.88. The van der Waals surface area contributed by atoms with Crippen LogP contribution in [0.1, 0.15) is 20.8 Å². The molecule has 114 valence electrons. The van der Waals surface area contributed by atoms with Gasteiger partial charge in [-0.3, -0.25) is 9.59 Å². The van der Waals surface area contributed by atoms with Gasteiger partial charge in [-0.2, -0.15) is 0 Å². The van der Waals surface area contributed by atoms with Gasteiger partial charge in [0.15, 0.2) is 0 Å². The van der Waals surface area contributed by atoms with E-state index in [0.717, 1.165) is 5.69 Å². The number of carbonyl (C=O) groups is 2. The molecule has 1 aliphatic rings. The molecular formula is C16H22N2O3. The zero-order valence-corrected chi connectivity index (χ0v) is 12.8. The van der Waals surface area contributed by atoms with Gasteiger partial charge in [0.1, 0.15) is 6.61 Å². The van der Waals surface area contributed by atoms with E-state index in [1.807, 2.05) is 51.1 Å². The van der Waals surface area contributed by atoms with Crippen molar-refractivity contribution in [1.29, 1.82) is 0 Å². The number of morpholine rings is 1. The van der Waals surface area contributed by atoms with Gasteiger partial charge < -0.3 is 15.0 Å². The van der Waals surface area contributed by atoms with Gasteiger partial charge in [0.05, 0.1) is 12.6 Å². The summed E-state index contributed by atoms with van der Waals surface area (Å²) in [6.07, 6.45) is -0.186. The fourth-order valence-corrected chi connectivity index (χ4v) is 2.08. The Labute approximate surface area is 125 Å². The first kappa shape index (κ1) is 15.5. The Morgan fingerprint density at radius 3 is 2.62 bits per heavy atom. The first-order chi connectivity index (χ1) is 9.88. The van der Waals surface area contributed by atoms with E-state index in [1.165, 1.54) is 0 Å². The second kappa shape index (κ2) is 6.26. The van der Waals surface area contributed by atoms with E-state index < -0.39 is 5.41 Å². The van der Waals surface area contributed by atoms with Crippen LogP contribution in [0.3, 0.4) is 0 Å². The summed E-state index contributed by atoms with van der Waals surface area (Å²) in [5.41, 5.74) is 0.432. The Morgan fingerprint density at radius 2 is 2.00 bits per heavy atom. The molecular weight excluding hydrogens is 268 g/mol. The molecule has 1 aromatic carbocycles. The summed E-state index contributed by atoms with van der Waals surface area (Å²) in [6, 6.07) is 9.50. The lowest BCUT2D eigenvalue weighted by atomic mass is 9.95. The number of amides is 2. The maximum Gasteiger partial charge on any atom is 0.253 e. The number of hydrogen-bond donors (Lipinski definition) is 1. The molecule has 0 bridgehead atoms. The van der Waals surface area contributed by atoms with Gasteiger partial charge in [-0.25, -0.2) is 0 Å². The number of nitrogens with one attached hydrogen (secondary N) is 1. The first-order valence-electron chi connectivity index (χ1n) is 7.13. The SMILES string of the molecule is CC(C)(C)C(=O)NCC1CN(c2ccccc2)C(=O)CO1. The second-order valence-electron chi connectivity index (χ2n) is 6.23. The molecule has 5 heteroatoms. The van der Waals surface area contributed by atoms with Crippen molar-refractivity contribution in [3.05, 3.63) is 30.3 Å². The minimum atomic E-state index is -0.427. The third kappa shape index (κ3) is 4.04. The predicted molar refractivity (Wildman–Crippen MR) is 81.0 cm³/mol. The molecule has 0 spiro atoms. The van der Waals surface area contributed by atoms with Crippen molar-refractivity contribution >= 4 is 17.5 Å². The lowest BCUT2D eigenvalue weighted by Gasteiger charge is -2.33. The highest BCUT2D eigenvalue weighted by atomic mass is 16.5. The average molecular weight is 290 g/mol. The number of rotatable bonds is 3. The molecule has 1 unspecified atom stereocenters. The van der Waals surface area contributed by atoms with E-state index in [9.17, 15) is 9.59 Å². The largest absolute Gasteiger partial charge is 0.365 e. The minimum absolute atomic E-state index is 0.0192. The molecule has 0 saturated carbocycles. The van der Waals surface area contributed by atoms with Gasteiger partial charge in [-0.1, -0.05) is 39.0 Å². The van der Waals surface area contributed by atoms with Crippen molar-refractivity contribution in [1.82, 2.24) is 5.32 Å². The highest BCUT2D eigenvalue weighted by molar-refractivity contribution is 5.95. The van der Waals surface area contributed by atoms with E-state index in [4.69, 9.17) is 4.74 Å². The molecule has 1 aliphatic heterocycles. The lowest BCUT2D eigenvalue weighted by molar-refractivity contribution is -0.131. The molecule has 1 N–H and O–H groups in total. The summed E-state index contributed by atoms with van der Waals surface area (Å²) in [6.45, 7) is 6.50. The quantitative estimate of drug-likeness (QED) is 0.919. The van der Waals surface area contributed by atoms with Crippen molar-refractivity contribution in [3.8, 4) is 0 Å². The Kier molecular flexibility index (Phi) is 4.63. The molecule has 2 amide bonds. The van der Waals surface area contributed by atoms with Crippen LogP contribution < -0.4 is 10.2 Å². The van der Waals surface area contributed by atoms with E-state index >= 15 is 0 Å². The van der Waals surface area contributed by atoms with Crippen LogP contribution in [0, 0.1) is 5.41 Å². The topological polar surface area (TPSA) is 58.6 Å². The van der Waals surface area contributed by atoms with Crippen molar-refractivity contribution < 1.29 is 14.3 Å². The van der Waals surface area contributed by atoms with Crippen LogP contribution >= 0.6 is 0 Å². The van der Waals surface area contributed by atoms with Gasteiger partial charge >= 0.3 is 0 Å². The van der Waals surface area contributed by atoms with Crippen molar-refractivity contribution in [2.24, 2.45) is 5.41 Å². The fraction of sp³-hybridized carbons (Fsp3) is 0.500. The Morgan fingerprint density at radius 1 is 1.33 bits per heavy atom. The molecule has 1 fully saturated rings. The molecule has 2 rings (SSSR count). The number of ether oxygens (including phenoxy) is 1. The number of benzene rings is 1. The number of para-hydroxylation sites is 1. The molecule has 1 aromatic rings.